The normalized spacial score (nSPS) is 18.4. The van der Waals surface area contributed by atoms with Crippen molar-refractivity contribution in [3.8, 4) is 0 Å². The van der Waals surface area contributed by atoms with Crippen LogP contribution in [0.1, 0.15) is 19.8 Å². The Labute approximate surface area is 108 Å². The van der Waals surface area contributed by atoms with Gasteiger partial charge in [0.1, 0.15) is 0 Å². The fraction of sp³-hybridized carbons (Fsp3) is 0.833. The number of nitrogens with zero attached hydrogens (tertiary/aromatic N) is 2. The molecule has 1 fully saturated rings. The van der Waals surface area contributed by atoms with Crippen molar-refractivity contribution >= 4 is 12.0 Å². The fourth-order valence-electron chi connectivity index (χ4n) is 1.85. The Kier molecular flexibility index (Phi) is 5.91. The van der Waals surface area contributed by atoms with Gasteiger partial charge in [-0.25, -0.2) is 4.79 Å². The molecule has 18 heavy (non-hydrogen) atoms. The van der Waals surface area contributed by atoms with Crippen LogP contribution in [0, 0.1) is 5.92 Å². The minimum atomic E-state index is -0.785. The van der Waals surface area contributed by atoms with Crippen molar-refractivity contribution in [2.45, 2.75) is 19.8 Å². The van der Waals surface area contributed by atoms with Crippen LogP contribution in [0.3, 0.4) is 0 Å². The van der Waals surface area contributed by atoms with Gasteiger partial charge in [0.05, 0.1) is 0 Å². The Bertz CT molecular complexity index is 288. The molecule has 0 spiro atoms. The molecule has 1 atom stereocenters. The van der Waals surface area contributed by atoms with Gasteiger partial charge in [-0.3, -0.25) is 4.79 Å². The molecule has 0 saturated carbocycles. The predicted octanol–water partition coefficient (Wildman–Crippen LogP) is 0.444. The van der Waals surface area contributed by atoms with Gasteiger partial charge in [-0.05, 0) is 19.4 Å². The number of hydrogen-bond donors (Lipinski definition) is 2. The number of nitrogens with one attached hydrogen (secondary N) is 1. The van der Waals surface area contributed by atoms with Crippen molar-refractivity contribution in [1.82, 2.24) is 15.1 Å². The largest absolute Gasteiger partial charge is 0.481 e. The minimum absolute atomic E-state index is 0.0368. The third-order valence-electron chi connectivity index (χ3n) is 3.24. The Morgan fingerprint density at radius 3 is 2.44 bits per heavy atom. The van der Waals surface area contributed by atoms with E-state index in [-0.39, 0.29) is 18.4 Å². The molecule has 1 rings (SSSR count). The van der Waals surface area contributed by atoms with Gasteiger partial charge in [-0.2, -0.15) is 0 Å². The number of carbonyl (C=O) groups is 2. The number of urea groups is 1. The highest BCUT2D eigenvalue weighted by molar-refractivity contribution is 5.74. The quantitative estimate of drug-likeness (QED) is 0.750. The molecule has 0 aromatic rings. The van der Waals surface area contributed by atoms with E-state index in [4.69, 9.17) is 5.11 Å². The van der Waals surface area contributed by atoms with Gasteiger partial charge in [0.25, 0.3) is 0 Å². The predicted molar refractivity (Wildman–Crippen MR) is 68.5 cm³/mol. The molecule has 0 bridgehead atoms. The number of carbonyl (C=O) groups excluding carboxylic acids is 1. The number of amides is 2. The number of rotatable bonds is 5. The molecule has 1 aliphatic rings. The highest BCUT2D eigenvalue weighted by atomic mass is 16.4. The summed E-state index contributed by atoms with van der Waals surface area (Å²) in [6.07, 6.45) is 0.754. The highest BCUT2D eigenvalue weighted by Gasteiger charge is 2.19. The average molecular weight is 257 g/mol. The van der Waals surface area contributed by atoms with Gasteiger partial charge in [0.2, 0.25) is 0 Å². The maximum atomic E-state index is 11.8. The van der Waals surface area contributed by atoms with Gasteiger partial charge in [-0.15, -0.1) is 0 Å². The zero-order chi connectivity index (χ0) is 13.5. The molecule has 0 radical (unpaired) electrons. The van der Waals surface area contributed by atoms with Crippen LogP contribution in [-0.4, -0.2) is 66.7 Å². The van der Waals surface area contributed by atoms with Crippen LogP contribution in [0.15, 0.2) is 0 Å². The van der Waals surface area contributed by atoms with E-state index >= 15 is 0 Å². The molecule has 2 amide bonds. The van der Waals surface area contributed by atoms with Gasteiger partial charge in [0, 0.05) is 39.1 Å². The summed E-state index contributed by atoms with van der Waals surface area (Å²) in [5.41, 5.74) is 0. The Morgan fingerprint density at radius 2 is 1.89 bits per heavy atom. The summed E-state index contributed by atoms with van der Waals surface area (Å²) in [7, 11) is 2.04. The second-order valence-electron chi connectivity index (χ2n) is 5.01. The monoisotopic (exact) mass is 257 g/mol. The highest BCUT2D eigenvalue weighted by Crippen LogP contribution is 2.05. The zero-order valence-corrected chi connectivity index (χ0v) is 11.2. The Hall–Kier alpha value is -1.30. The van der Waals surface area contributed by atoms with Crippen LogP contribution in [0.25, 0.3) is 0 Å². The molecule has 2 N–H and O–H groups in total. The number of aliphatic carboxylic acids is 1. The Morgan fingerprint density at radius 1 is 1.28 bits per heavy atom. The molecular weight excluding hydrogens is 234 g/mol. The van der Waals surface area contributed by atoms with Gasteiger partial charge < -0.3 is 20.2 Å². The van der Waals surface area contributed by atoms with Crippen molar-refractivity contribution < 1.29 is 14.7 Å². The van der Waals surface area contributed by atoms with Crippen molar-refractivity contribution in [2.24, 2.45) is 5.92 Å². The van der Waals surface area contributed by atoms with Crippen molar-refractivity contribution in [2.75, 3.05) is 39.8 Å². The molecule has 0 aromatic heterocycles. The van der Waals surface area contributed by atoms with Crippen LogP contribution >= 0.6 is 0 Å². The molecule has 1 aliphatic heterocycles. The standard InChI is InChI=1S/C12H23N3O3/c1-10(3-4-11(16)17)9-13-12(18)15-7-5-14(2)6-8-15/h10H,3-9H2,1-2H3,(H,13,18)(H,16,17). The second kappa shape index (κ2) is 7.20. The SMILES string of the molecule is CC(CCC(=O)O)CNC(=O)N1CCN(C)CC1. The van der Waals surface area contributed by atoms with Crippen molar-refractivity contribution in [3.63, 3.8) is 0 Å². The lowest BCUT2D eigenvalue weighted by Gasteiger charge is -2.32. The van der Waals surface area contributed by atoms with E-state index in [0.29, 0.717) is 13.0 Å². The van der Waals surface area contributed by atoms with E-state index < -0.39 is 5.97 Å². The lowest BCUT2D eigenvalue weighted by Crippen LogP contribution is -2.51. The second-order valence-corrected chi connectivity index (χ2v) is 5.01. The van der Waals surface area contributed by atoms with Crippen LogP contribution in [0.2, 0.25) is 0 Å². The van der Waals surface area contributed by atoms with Crippen LogP contribution in [-0.2, 0) is 4.79 Å². The summed E-state index contributed by atoms with van der Waals surface area (Å²) in [6.45, 7) is 5.81. The topological polar surface area (TPSA) is 72.9 Å². The maximum absolute atomic E-state index is 11.8. The molecule has 1 saturated heterocycles. The number of piperazine rings is 1. The first-order valence-electron chi connectivity index (χ1n) is 6.42. The first-order chi connectivity index (χ1) is 8.49. The minimum Gasteiger partial charge on any atom is -0.481 e. The van der Waals surface area contributed by atoms with E-state index in [0.717, 1.165) is 26.2 Å². The van der Waals surface area contributed by atoms with Crippen LogP contribution in [0.5, 0.6) is 0 Å². The molecular formula is C12H23N3O3. The smallest absolute Gasteiger partial charge is 0.317 e. The molecule has 1 unspecified atom stereocenters. The van der Waals surface area contributed by atoms with Gasteiger partial charge in [-0.1, -0.05) is 6.92 Å². The van der Waals surface area contributed by atoms with Crippen molar-refractivity contribution in [1.29, 1.82) is 0 Å². The van der Waals surface area contributed by atoms with E-state index in [1.807, 2.05) is 18.9 Å². The zero-order valence-electron chi connectivity index (χ0n) is 11.2. The van der Waals surface area contributed by atoms with E-state index in [1.165, 1.54) is 0 Å². The van der Waals surface area contributed by atoms with Crippen LogP contribution < -0.4 is 5.32 Å². The molecule has 6 nitrogen and oxygen atoms in total. The average Bonchev–Trinajstić information content (AvgIpc) is 2.34. The summed E-state index contributed by atoms with van der Waals surface area (Å²) < 4.78 is 0. The Balaban J connectivity index is 2.18. The number of hydrogen-bond acceptors (Lipinski definition) is 3. The molecule has 1 heterocycles. The first-order valence-corrected chi connectivity index (χ1v) is 6.42. The first kappa shape index (κ1) is 14.8. The summed E-state index contributed by atoms with van der Waals surface area (Å²) >= 11 is 0. The fourth-order valence-corrected chi connectivity index (χ4v) is 1.85. The lowest BCUT2D eigenvalue weighted by atomic mass is 10.1. The number of carboxylic acid groups (broad SMARTS) is 1. The summed E-state index contributed by atoms with van der Waals surface area (Å²) in [5, 5.41) is 11.4. The number of likely N-dealkylation sites (N-methyl/N-ethyl adjacent to an activating group) is 1. The van der Waals surface area contributed by atoms with Gasteiger partial charge >= 0.3 is 12.0 Å². The van der Waals surface area contributed by atoms with E-state index in [1.54, 1.807) is 0 Å². The lowest BCUT2D eigenvalue weighted by molar-refractivity contribution is -0.137. The van der Waals surface area contributed by atoms with E-state index in [9.17, 15) is 9.59 Å². The summed E-state index contributed by atoms with van der Waals surface area (Å²) in [5.74, 6) is -0.593. The molecule has 6 heteroatoms. The molecule has 104 valence electrons. The summed E-state index contributed by atoms with van der Waals surface area (Å²) in [6, 6.07) is -0.0368. The molecule has 0 aliphatic carbocycles. The summed E-state index contributed by atoms with van der Waals surface area (Å²) in [4.78, 5) is 26.3. The maximum Gasteiger partial charge on any atom is 0.317 e. The van der Waals surface area contributed by atoms with Gasteiger partial charge in [0.15, 0.2) is 0 Å². The third-order valence-corrected chi connectivity index (χ3v) is 3.24. The van der Waals surface area contributed by atoms with Crippen LogP contribution in [0.4, 0.5) is 4.79 Å². The number of carboxylic acids is 1. The third kappa shape index (κ3) is 5.35. The van der Waals surface area contributed by atoms with E-state index in [2.05, 4.69) is 10.2 Å². The molecule has 0 aromatic carbocycles. The van der Waals surface area contributed by atoms with Crippen molar-refractivity contribution in [3.05, 3.63) is 0 Å².